The summed E-state index contributed by atoms with van der Waals surface area (Å²) in [6.07, 6.45) is 3.38. The first-order valence-electron chi connectivity index (χ1n) is 10.7. The predicted octanol–water partition coefficient (Wildman–Crippen LogP) is 4.54. The molecule has 166 valence electrons. The number of ether oxygens (including phenoxy) is 1. The molecule has 0 N–H and O–H groups in total. The van der Waals surface area contributed by atoms with Crippen molar-refractivity contribution in [1.29, 1.82) is 0 Å². The van der Waals surface area contributed by atoms with Gasteiger partial charge in [-0.3, -0.25) is 9.59 Å². The smallest absolute Gasteiger partial charge is 0.223 e. The lowest BCUT2D eigenvalue weighted by Crippen LogP contribution is -2.40. The average molecular weight is 436 g/mol. The lowest BCUT2D eigenvalue weighted by atomic mass is 9.88. The van der Waals surface area contributed by atoms with Crippen LogP contribution in [0.5, 0.6) is 5.75 Å². The third kappa shape index (κ3) is 4.88. The molecule has 1 amide bonds. The number of carbonyl (C=O) groups is 2. The largest absolute Gasteiger partial charge is 0.497 e. The SMILES string of the molecule is COc1ccc(C(=O)C2CCN(C(=O)CCc3ncc(-c4ccccc4F)o3)CC2)cc1. The molecular formula is C25H25FN2O4. The first-order valence-corrected chi connectivity index (χ1v) is 10.7. The second-order valence-corrected chi connectivity index (χ2v) is 7.85. The molecule has 2 aromatic carbocycles. The monoisotopic (exact) mass is 436 g/mol. The molecular weight excluding hydrogens is 411 g/mol. The molecule has 0 spiro atoms. The number of carbonyl (C=O) groups excluding carboxylic acids is 2. The fourth-order valence-electron chi connectivity index (χ4n) is 3.97. The number of Topliss-reactive ketones (excluding diaryl/α,β-unsaturated/α-hetero) is 1. The van der Waals surface area contributed by atoms with Gasteiger partial charge in [-0.05, 0) is 49.2 Å². The van der Waals surface area contributed by atoms with Gasteiger partial charge in [-0.2, -0.15) is 0 Å². The van der Waals surface area contributed by atoms with E-state index in [1.807, 2.05) is 0 Å². The van der Waals surface area contributed by atoms with Crippen LogP contribution in [-0.2, 0) is 11.2 Å². The van der Waals surface area contributed by atoms with E-state index in [4.69, 9.17) is 9.15 Å². The minimum Gasteiger partial charge on any atom is -0.497 e. The van der Waals surface area contributed by atoms with Crippen molar-refractivity contribution in [2.24, 2.45) is 5.92 Å². The number of halogens is 1. The van der Waals surface area contributed by atoms with E-state index < -0.39 is 0 Å². The lowest BCUT2D eigenvalue weighted by Gasteiger charge is -2.31. The number of rotatable bonds is 7. The van der Waals surface area contributed by atoms with Gasteiger partial charge in [0.25, 0.3) is 0 Å². The van der Waals surface area contributed by atoms with Gasteiger partial charge < -0.3 is 14.1 Å². The lowest BCUT2D eigenvalue weighted by molar-refractivity contribution is -0.132. The average Bonchev–Trinajstić information content (AvgIpc) is 3.31. The van der Waals surface area contributed by atoms with Crippen molar-refractivity contribution in [2.75, 3.05) is 20.2 Å². The Morgan fingerprint density at radius 2 is 1.84 bits per heavy atom. The summed E-state index contributed by atoms with van der Waals surface area (Å²) in [7, 11) is 1.59. The van der Waals surface area contributed by atoms with E-state index in [1.165, 1.54) is 12.3 Å². The molecule has 1 saturated heterocycles. The van der Waals surface area contributed by atoms with Crippen LogP contribution in [0.2, 0.25) is 0 Å². The Hall–Kier alpha value is -3.48. The molecule has 0 radical (unpaired) electrons. The number of piperidine rings is 1. The van der Waals surface area contributed by atoms with Crippen molar-refractivity contribution in [3.8, 4) is 17.1 Å². The molecule has 0 saturated carbocycles. The maximum atomic E-state index is 13.9. The summed E-state index contributed by atoms with van der Waals surface area (Å²) in [6, 6.07) is 13.5. The van der Waals surface area contributed by atoms with Crippen LogP contribution in [0, 0.1) is 11.7 Å². The van der Waals surface area contributed by atoms with Gasteiger partial charge in [-0.25, -0.2) is 9.37 Å². The molecule has 0 bridgehead atoms. The summed E-state index contributed by atoms with van der Waals surface area (Å²) in [5, 5.41) is 0. The van der Waals surface area contributed by atoms with Crippen LogP contribution in [-0.4, -0.2) is 41.8 Å². The first kappa shape index (κ1) is 21.7. The Morgan fingerprint density at radius 1 is 1.12 bits per heavy atom. The van der Waals surface area contributed by atoms with Crippen LogP contribution in [0.4, 0.5) is 4.39 Å². The van der Waals surface area contributed by atoms with E-state index in [9.17, 15) is 14.0 Å². The number of methoxy groups -OCH3 is 1. The van der Waals surface area contributed by atoms with Crippen LogP contribution in [0.25, 0.3) is 11.3 Å². The summed E-state index contributed by atoms with van der Waals surface area (Å²) < 4.78 is 24.7. The molecule has 6 nitrogen and oxygen atoms in total. The molecule has 3 aromatic rings. The summed E-state index contributed by atoms with van der Waals surface area (Å²) in [5.41, 5.74) is 1.02. The fraction of sp³-hybridized carbons (Fsp3) is 0.320. The normalized spacial score (nSPS) is 14.4. The van der Waals surface area contributed by atoms with E-state index in [0.717, 1.165) is 0 Å². The molecule has 0 atom stereocenters. The zero-order valence-electron chi connectivity index (χ0n) is 17.9. The number of oxazole rings is 1. The molecule has 1 aliphatic heterocycles. The third-order valence-corrected chi connectivity index (χ3v) is 5.84. The van der Waals surface area contributed by atoms with Gasteiger partial charge in [0.1, 0.15) is 11.6 Å². The zero-order valence-corrected chi connectivity index (χ0v) is 17.9. The number of ketones is 1. The first-order chi connectivity index (χ1) is 15.5. The summed E-state index contributed by atoms with van der Waals surface area (Å²) in [4.78, 5) is 31.3. The number of benzene rings is 2. The van der Waals surface area contributed by atoms with Crippen LogP contribution >= 0.6 is 0 Å². The van der Waals surface area contributed by atoms with Gasteiger partial charge in [-0.15, -0.1) is 0 Å². The van der Waals surface area contributed by atoms with Crippen molar-refractivity contribution in [3.63, 3.8) is 0 Å². The number of amides is 1. The second kappa shape index (κ2) is 9.77. The molecule has 1 fully saturated rings. The van der Waals surface area contributed by atoms with E-state index >= 15 is 0 Å². The number of hydrogen-bond acceptors (Lipinski definition) is 5. The van der Waals surface area contributed by atoms with Gasteiger partial charge in [-0.1, -0.05) is 12.1 Å². The highest BCUT2D eigenvalue weighted by Crippen LogP contribution is 2.25. The second-order valence-electron chi connectivity index (χ2n) is 7.85. The van der Waals surface area contributed by atoms with Crippen molar-refractivity contribution in [1.82, 2.24) is 9.88 Å². The van der Waals surface area contributed by atoms with Gasteiger partial charge in [0.15, 0.2) is 17.4 Å². The quantitative estimate of drug-likeness (QED) is 0.509. The maximum absolute atomic E-state index is 13.9. The van der Waals surface area contributed by atoms with Crippen molar-refractivity contribution in [2.45, 2.75) is 25.7 Å². The van der Waals surface area contributed by atoms with Crippen molar-refractivity contribution < 1.29 is 23.1 Å². The van der Waals surface area contributed by atoms with E-state index in [-0.39, 0.29) is 29.8 Å². The predicted molar refractivity (Wildman–Crippen MR) is 117 cm³/mol. The van der Waals surface area contributed by atoms with Crippen molar-refractivity contribution in [3.05, 3.63) is 72.0 Å². The molecule has 0 unspecified atom stereocenters. The Balaban J connectivity index is 1.27. The standard InChI is InChI=1S/C25H25FN2O4/c1-31-19-8-6-17(7-9-19)25(30)18-12-14-28(15-13-18)24(29)11-10-23-27-16-22(32-23)20-4-2-3-5-21(20)26/h2-9,16,18H,10-15H2,1H3. The van der Waals surface area contributed by atoms with Gasteiger partial charge in [0.2, 0.25) is 5.91 Å². The van der Waals surface area contributed by atoms with Gasteiger partial charge >= 0.3 is 0 Å². The van der Waals surface area contributed by atoms with Gasteiger partial charge in [0.05, 0.1) is 18.9 Å². The van der Waals surface area contributed by atoms with E-state index in [0.29, 0.717) is 60.9 Å². The maximum Gasteiger partial charge on any atom is 0.223 e. The molecule has 1 aromatic heterocycles. The van der Waals surface area contributed by atoms with Crippen LogP contribution in [0.1, 0.15) is 35.5 Å². The number of aromatic nitrogens is 1. The van der Waals surface area contributed by atoms with Crippen LogP contribution < -0.4 is 4.74 Å². The Labute approximate surface area is 186 Å². The topological polar surface area (TPSA) is 72.6 Å². The van der Waals surface area contributed by atoms with Crippen LogP contribution in [0.15, 0.2) is 59.1 Å². The third-order valence-electron chi connectivity index (χ3n) is 5.84. The molecule has 4 rings (SSSR count). The minimum atomic E-state index is -0.377. The van der Waals surface area contributed by atoms with Crippen molar-refractivity contribution >= 4 is 11.7 Å². The zero-order chi connectivity index (χ0) is 22.5. The highest BCUT2D eigenvalue weighted by Gasteiger charge is 2.28. The number of aryl methyl sites for hydroxylation is 1. The fourth-order valence-corrected chi connectivity index (χ4v) is 3.97. The minimum absolute atomic E-state index is 0.00554. The Morgan fingerprint density at radius 3 is 2.53 bits per heavy atom. The molecule has 7 heteroatoms. The van der Waals surface area contributed by atoms with Gasteiger partial charge in [0, 0.05) is 37.4 Å². The highest BCUT2D eigenvalue weighted by molar-refractivity contribution is 5.98. The molecule has 0 aliphatic carbocycles. The number of hydrogen-bond donors (Lipinski definition) is 0. The molecule has 32 heavy (non-hydrogen) atoms. The Kier molecular flexibility index (Phi) is 6.63. The highest BCUT2D eigenvalue weighted by atomic mass is 19.1. The summed E-state index contributed by atoms with van der Waals surface area (Å²) >= 11 is 0. The van der Waals surface area contributed by atoms with Crippen LogP contribution in [0.3, 0.4) is 0 Å². The Bertz CT molecular complexity index is 1090. The number of likely N-dealkylation sites (tertiary alicyclic amines) is 1. The van der Waals surface area contributed by atoms with E-state index in [1.54, 1.807) is 54.5 Å². The van der Waals surface area contributed by atoms with E-state index in [2.05, 4.69) is 4.98 Å². The summed E-state index contributed by atoms with van der Waals surface area (Å²) in [5.74, 6) is 1.13. The molecule has 2 heterocycles. The summed E-state index contributed by atoms with van der Waals surface area (Å²) in [6.45, 7) is 1.11. The molecule has 1 aliphatic rings. The number of nitrogens with zero attached hydrogens (tertiary/aromatic N) is 2.